The van der Waals surface area contributed by atoms with Crippen LogP contribution in [0, 0.1) is 0 Å². The molecule has 0 saturated carbocycles. The van der Waals surface area contributed by atoms with Crippen LogP contribution in [-0.2, 0) is 9.53 Å². The number of allylic oxidation sites excluding steroid dienone is 1. The summed E-state index contributed by atoms with van der Waals surface area (Å²) in [6, 6.07) is 0. The van der Waals surface area contributed by atoms with E-state index < -0.39 is 5.97 Å². The molecular weight excluding hydrogens is 240 g/mol. The Morgan fingerprint density at radius 3 is 2.68 bits per heavy atom. The van der Waals surface area contributed by atoms with Gasteiger partial charge in [0.05, 0.1) is 19.6 Å². The van der Waals surface area contributed by atoms with Crippen LogP contribution in [0.2, 0.25) is 0 Å². The van der Waals surface area contributed by atoms with Crippen molar-refractivity contribution in [1.82, 2.24) is 0 Å². The van der Waals surface area contributed by atoms with Gasteiger partial charge in [-0.2, -0.15) is 0 Å². The van der Waals surface area contributed by atoms with Gasteiger partial charge < -0.3 is 9.84 Å². The van der Waals surface area contributed by atoms with E-state index in [9.17, 15) is 4.79 Å². The Bertz CT molecular complexity index is 299. The first-order valence-corrected chi connectivity index (χ1v) is 7.11. The average molecular weight is 266 g/mol. The predicted octanol–water partition coefficient (Wildman–Crippen LogP) is 4.11. The topological polar surface area (TPSA) is 46.5 Å². The highest BCUT2D eigenvalue weighted by molar-refractivity contribution is 5.68. The van der Waals surface area contributed by atoms with E-state index in [1.54, 1.807) is 6.08 Å². The van der Waals surface area contributed by atoms with Crippen molar-refractivity contribution in [1.29, 1.82) is 0 Å². The second-order valence-electron chi connectivity index (χ2n) is 4.36. The van der Waals surface area contributed by atoms with Gasteiger partial charge in [0.1, 0.15) is 0 Å². The van der Waals surface area contributed by atoms with E-state index in [0.717, 1.165) is 12.8 Å². The van der Waals surface area contributed by atoms with Crippen LogP contribution in [0.5, 0.6) is 0 Å². The summed E-state index contributed by atoms with van der Waals surface area (Å²) < 4.78 is 5.35. The Hall–Kier alpha value is -1.31. The Morgan fingerprint density at radius 1 is 1.16 bits per heavy atom. The minimum Gasteiger partial charge on any atom is -0.481 e. The van der Waals surface area contributed by atoms with Crippen molar-refractivity contribution < 1.29 is 14.6 Å². The molecule has 3 heteroatoms. The van der Waals surface area contributed by atoms with E-state index in [2.05, 4.69) is 24.8 Å². The normalized spacial score (nSPS) is 10.4. The third kappa shape index (κ3) is 16.7. The number of carbonyl (C=O) groups is 1. The summed E-state index contributed by atoms with van der Waals surface area (Å²) in [4.78, 5) is 10.2. The van der Waals surface area contributed by atoms with Crippen molar-refractivity contribution in [3.63, 3.8) is 0 Å². The first-order chi connectivity index (χ1) is 9.27. The summed E-state index contributed by atoms with van der Waals surface area (Å²) in [5.74, 6) is -0.842. The molecule has 0 unspecified atom stereocenters. The van der Waals surface area contributed by atoms with E-state index in [-0.39, 0.29) is 6.42 Å². The number of carboxylic acid groups (broad SMARTS) is 1. The van der Waals surface area contributed by atoms with E-state index in [1.165, 1.54) is 31.8 Å². The maximum atomic E-state index is 10.2. The Labute approximate surface area is 116 Å². The molecule has 0 aromatic heterocycles. The third-order valence-electron chi connectivity index (χ3n) is 2.53. The van der Waals surface area contributed by atoms with E-state index in [4.69, 9.17) is 9.84 Å². The highest BCUT2D eigenvalue weighted by Crippen LogP contribution is 2.03. The Balaban J connectivity index is 3.28. The van der Waals surface area contributed by atoms with Crippen molar-refractivity contribution in [2.75, 3.05) is 13.2 Å². The zero-order chi connectivity index (χ0) is 14.2. The number of rotatable bonds is 12. The van der Waals surface area contributed by atoms with E-state index in [1.807, 2.05) is 0 Å². The highest BCUT2D eigenvalue weighted by Gasteiger charge is 1.87. The number of ether oxygens (including phenoxy) is 1. The van der Waals surface area contributed by atoms with Gasteiger partial charge in [-0.05, 0) is 31.4 Å². The van der Waals surface area contributed by atoms with Crippen molar-refractivity contribution in [3.05, 3.63) is 30.0 Å². The molecule has 3 nitrogen and oxygen atoms in total. The van der Waals surface area contributed by atoms with Crippen molar-refractivity contribution in [3.8, 4) is 0 Å². The van der Waals surface area contributed by atoms with Gasteiger partial charge in [0.15, 0.2) is 0 Å². The number of unbranched alkanes of at least 4 members (excludes halogenated alkanes) is 4. The van der Waals surface area contributed by atoms with Gasteiger partial charge in [0.2, 0.25) is 0 Å². The molecule has 0 heterocycles. The summed E-state index contributed by atoms with van der Waals surface area (Å²) in [6.45, 7) is 3.40. The first kappa shape index (κ1) is 17.7. The van der Waals surface area contributed by atoms with Crippen LogP contribution in [0.25, 0.3) is 0 Å². The van der Waals surface area contributed by atoms with E-state index in [0.29, 0.717) is 13.2 Å². The average Bonchev–Trinajstić information content (AvgIpc) is 2.39. The molecule has 0 atom stereocenters. The smallest absolute Gasteiger partial charge is 0.307 e. The van der Waals surface area contributed by atoms with Gasteiger partial charge in [0.25, 0.3) is 0 Å². The zero-order valence-electron chi connectivity index (χ0n) is 11.9. The first-order valence-electron chi connectivity index (χ1n) is 7.11. The molecule has 0 fully saturated rings. The molecule has 0 amide bonds. The quantitative estimate of drug-likeness (QED) is 0.328. The Kier molecular flexibility index (Phi) is 13.7. The molecule has 0 bridgehead atoms. The molecule has 0 rings (SSSR count). The molecule has 0 aromatic rings. The van der Waals surface area contributed by atoms with Crippen LogP contribution in [0.15, 0.2) is 30.0 Å². The van der Waals surface area contributed by atoms with Crippen LogP contribution < -0.4 is 0 Å². The molecule has 0 aliphatic heterocycles. The summed E-state index contributed by atoms with van der Waals surface area (Å²) in [6.07, 6.45) is 14.9. The predicted molar refractivity (Wildman–Crippen MR) is 78.2 cm³/mol. The van der Waals surface area contributed by atoms with Gasteiger partial charge in [-0.25, -0.2) is 0 Å². The fourth-order valence-corrected chi connectivity index (χ4v) is 1.50. The monoisotopic (exact) mass is 266 g/mol. The van der Waals surface area contributed by atoms with Gasteiger partial charge in [-0.1, -0.05) is 38.3 Å². The van der Waals surface area contributed by atoms with Crippen LogP contribution >= 0.6 is 0 Å². The lowest BCUT2D eigenvalue weighted by atomic mass is 10.1. The number of hydrogen-bond donors (Lipinski definition) is 1. The summed E-state index contributed by atoms with van der Waals surface area (Å²) >= 11 is 0. The molecule has 108 valence electrons. The SMILES string of the molecule is CCCCCCC=CCCOCC=C=CCC(=O)O. The minimum absolute atomic E-state index is 0.0112. The molecule has 19 heavy (non-hydrogen) atoms. The van der Waals surface area contributed by atoms with E-state index >= 15 is 0 Å². The number of carboxylic acids is 1. The number of hydrogen-bond acceptors (Lipinski definition) is 2. The second kappa shape index (κ2) is 14.7. The fourth-order valence-electron chi connectivity index (χ4n) is 1.50. The van der Waals surface area contributed by atoms with Crippen molar-refractivity contribution in [2.24, 2.45) is 0 Å². The lowest BCUT2D eigenvalue weighted by Crippen LogP contribution is -1.92. The molecule has 0 aliphatic rings. The summed E-state index contributed by atoms with van der Waals surface area (Å²) in [7, 11) is 0. The molecule has 0 radical (unpaired) electrons. The fraction of sp³-hybridized carbons (Fsp3) is 0.625. The maximum absolute atomic E-state index is 10.2. The zero-order valence-corrected chi connectivity index (χ0v) is 11.9. The van der Waals surface area contributed by atoms with Gasteiger partial charge in [-0.15, -0.1) is 5.73 Å². The van der Waals surface area contributed by atoms with Crippen LogP contribution in [-0.4, -0.2) is 24.3 Å². The highest BCUT2D eigenvalue weighted by atomic mass is 16.5. The lowest BCUT2D eigenvalue weighted by Gasteiger charge is -1.96. The molecule has 0 saturated heterocycles. The molecule has 0 aliphatic carbocycles. The molecule has 1 N–H and O–H groups in total. The summed E-state index contributed by atoms with van der Waals surface area (Å²) in [5, 5.41) is 8.38. The number of aliphatic carboxylic acids is 1. The second-order valence-corrected chi connectivity index (χ2v) is 4.36. The van der Waals surface area contributed by atoms with Crippen molar-refractivity contribution in [2.45, 2.75) is 51.9 Å². The van der Waals surface area contributed by atoms with Gasteiger partial charge >= 0.3 is 5.97 Å². The maximum Gasteiger partial charge on any atom is 0.307 e. The minimum atomic E-state index is -0.842. The van der Waals surface area contributed by atoms with Gasteiger partial charge in [0, 0.05) is 0 Å². The third-order valence-corrected chi connectivity index (χ3v) is 2.53. The molecule has 0 spiro atoms. The van der Waals surface area contributed by atoms with Crippen LogP contribution in [0.3, 0.4) is 0 Å². The Morgan fingerprint density at radius 2 is 1.95 bits per heavy atom. The largest absolute Gasteiger partial charge is 0.481 e. The lowest BCUT2D eigenvalue weighted by molar-refractivity contribution is -0.135. The van der Waals surface area contributed by atoms with Crippen LogP contribution in [0.4, 0.5) is 0 Å². The van der Waals surface area contributed by atoms with Gasteiger partial charge in [-0.3, -0.25) is 4.79 Å². The molecular formula is C16H26O3. The summed E-state index contributed by atoms with van der Waals surface area (Å²) in [5.41, 5.74) is 2.77. The van der Waals surface area contributed by atoms with Crippen molar-refractivity contribution >= 4 is 5.97 Å². The molecule has 0 aromatic carbocycles. The van der Waals surface area contributed by atoms with Crippen LogP contribution in [0.1, 0.15) is 51.9 Å². The standard InChI is InChI=1S/C16H26O3/c1-2-3-4-5-6-7-8-11-14-19-15-12-9-10-13-16(17)18/h7-8,10,12H,2-6,11,13-15H2,1H3,(H,17,18).